The zero-order valence-electron chi connectivity index (χ0n) is 24.4. The fraction of sp³-hybridized carbons (Fsp3) is 0.485. The van der Waals surface area contributed by atoms with Crippen molar-refractivity contribution in [2.24, 2.45) is 5.41 Å². The zero-order chi connectivity index (χ0) is 29.5. The highest BCUT2D eigenvalue weighted by molar-refractivity contribution is 6.36. The van der Waals surface area contributed by atoms with Crippen LogP contribution in [0.5, 0.6) is 6.01 Å². The molecule has 4 aliphatic heterocycles. The first kappa shape index (κ1) is 27.4. The number of nitrogens with zero attached hydrogens (tertiary/aromatic N) is 5. The number of pyridine rings is 1. The molecule has 43 heavy (non-hydrogen) atoms. The number of piperazine rings is 1. The van der Waals surface area contributed by atoms with Crippen LogP contribution in [0.1, 0.15) is 39.5 Å². The Labute approximate surface area is 254 Å². The lowest BCUT2D eigenvalue weighted by Crippen LogP contribution is -2.51. The van der Waals surface area contributed by atoms with Gasteiger partial charge in [-0.25, -0.2) is 8.78 Å². The van der Waals surface area contributed by atoms with Gasteiger partial charge in [-0.1, -0.05) is 55.8 Å². The maximum absolute atomic E-state index is 16.7. The molecule has 0 amide bonds. The number of anilines is 1. The fourth-order valence-corrected chi connectivity index (χ4v) is 8.58. The molecule has 6 heterocycles. The highest BCUT2D eigenvalue weighted by Gasteiger charge is 2.55. The maximum atomic E-state index is 16.7. The van der Waals surface area contributed by atoms with Gasteiger partial charge in [0.1, 0.15) is 29.8 Å². The van der Waals surface area contributed by atoms with Crippen molar-refractivity contribution in [2.75, 3.05) is 37.7 Å². The smallest absolute Gasteiger partial charge is 0.319 e. The van der Waals surface area contributed by atoms with Crippen molar-refractivity contribution in [2.45, 2.75) is 63.3 Å². The second kappa shape index (κ2) is 9.94. The predicted octanol–water partition coefficient (Wildman–Crippen LogP) is 6.17. The molecule has 2 aromatic carbocycles. The number of benzene rings is 2. The van der Waals surface area contributed by atoms with Crippen LogP contribution in [0.4, 0.5) is 14.6 Å². The van der Waals surface area contributed by atoms with Gasteiger partial charge in [0.2, 0.25) is 0 Å². The third-order valence-corrected chi connectivity index (χ3v) is 10.2. The van der Waals surface area contributed by atoms with Gasteiger partial charge in [0.05, 0.1) is 10.9 Å². The first-order valence-corrected chi connectivity index (χ1v) is 15.6. The molecule has 3 unspecified atom stereocenters. The lowest BCUT2D eigenvalue weighted by molar-refractivity contribution is 0.107. The van der Waals surface area contributed by atoms with Gasteiger partial charge in [0, 0.05) is 66.9 Å². The topological polar surface area (TPSA) is 66.4 Å². The van der Waals surface area contributed by atoms with Crippen molar-refractivity contribution in [3.63, 3.8) is 0 Å². The van der Waals surface area contributed by atoms with Gasteiger partial charge in [-0.2, -0.15) is 9.97 Å². The maximum Gasteiger partial charge on any atom is 0.319 e. The van der Waals surface area contributed by atoms with E-state index in [2.05, 4.69) is 38.9 Å². The number of nitrogens with one attached hydrogen (secondary N) is 1. The molecule has 4 saturated heterocycles. The van der Waals surface area contributed by atoms with E-state index in [0.29, 0.717) is 46.8 Å². The minimum Gasteiger partial charge on any atom is -0.461 e. The standard InChI is InChI=1S/C33H35ClF2N6O/c1-32(2)16-33(11-20(35)13-42(33)17-32)18-43-31-39-29-24(30(40-31)41-14-21-9-10-22(15-41)38-21)12-37-28(27(29)36)23-7-3-5-19-6-4-8-25(34)26(19)23/h3-8,12,20-22,38H,9-11,13-18H2,1-2H3/t20-,21?,22?,33?/m1/s1. The zero-order valence-corrected chi connectivity index (χ0v) is 25.2. The molecule has 4 fully saturated rings. The number of aromatic nitrogens is 3. The number of rotatable bonds is 5. The van der Waals surface area contributed by atoms with Crippen LogP contribution in [0.15, 0.2) is 42.6 Å². The molecule has 2 aromatic heterocycles. The van der Waals surface area contributed by atoms with E-state index in [9.17, 15) is 4.39 Å². The quantitative estimate of drug-likeness (QED) is 0.292. The summed E-state index contributed by atoms with van der Waals surface area (Å²) in [7, 11) is 0. The Morgan fingerprint density at radius 1 is 1.07 bits per heavy atom. The lowest BCUT2D eigenvalue weighted by atomic mass is 9.82. The number of halogens is 3. The fourth-order valence-electron chi connectivity index (χ4n) is 8.30. The SMILES string of the molecule is CC1(C)CN2C[C@H](F)CC2(COc2nc(N3CC4CCC(C3)N4)c3cnc(-c4cccc5cccc(Cl)c45)c(F)c3n2)C1. The van der Waals surface area contributed by atoms with Crippen molar-refractivity contribution < 1.29 is 13.5 Å². The molecule has 2 bridgehead atoms. The average molecular weight is 605 g/mol. The Hall–Kier alpha value is -3.14. The van der Waals surface area contributed by atoms with Crippen LogP contribution in [0.25, 0.3) is 32.9 Å². The Morgan fingerprint density at radius 2 is 1.84 bits per heavy atom. The number of hydrogen-bond acceptors (Lipinski definition) is 7. The summed E-state index contributed by atoms with van der Waals surface area (Å²) in [6.07, 6.45) is 4.24. The Bertz CT molecular complexity index is 1730. The molecule has 10 heteroatoms. The summed E-state index contributed by atoms with van der Waals surface area (Å²) in [5.41, 5.74) is 0.590. The predicted molar refractivity (Wildman–Crippen MR) is 165 cm³/mol. The number of ether oxygens (including phenoxy) is 1. The van der Waals surface area contributed by atoms with E-state index in [1.54, 1.807) is 12.3 Å². The van der Waals surface area contributed by atoms with E-state index < -0.39 is 17.5 Å². The molecule has 4 aromatic rings. The molecular weight excluding hydrogens is 570 g/mol. The molecule has 1 N–H and O–H groups in total. The van der Waals surface area contributed by atoms with E-state index in [1.807, 2.05) is 30.3 Å². The van der Waals surface area contributed by atoms with Gasteiger partial charge < -0.3 is 15.0 Å². The van der Waals surface area contributed by atoms with Crippen molar-refractivity contribution in [1.29, 1.82) is 0 Å². The van der Waals surface area contributed by atoms with E-state index in [1.165, 1.54) is 0 Å². The van der Waals surface area contributed by atoms with Crippen LogP contribution in [-0.2, 0) is 0 Å². The number of hydrogen-bond donors (Lipinski definition) is 1. The largest absolute Gasteiger partial charge is 0.461 e. The molecule has 4 atom stereocenters. The van der Waals surface area contributed by atoms with E-state index >= 15 is 4.39 Å². The van der Waals surface area contributed by atoms with Crippen LogP contribution >= 0.6 is 11.6 Å². The van der Waals surface area contributed by atoms with Gasteiger partial charge in [0.25, 0.3) is 0 Å². The summed E-state index contributed by atoms with van der Waals surface area (Å²) >= 11 is 6.61. The van der Waals surface area contributed by atoms with E-state index in [-0.39, 0.29) is 29.2 Å². The van der Waals surface area contributed by atoms with Crippen molar-refractivity contribution in [3.8, 4) is 17.3 Å². The van der Waals surface area contributed by atoms with Crippen LogP contribution in [-0.4, -0.2) is 76.4 Å². The van der Waals surface area contributed by atoms with E-state index in [0.717, 1.165) is 49.7 Å². The first-order chi connectivity index (χ1) is 20.7. The molecule has 8 rings (SSSR count). The van der Waals surface area contributed by atoms with E-state index in [4.69, 9.17) is 21.3 Å². The summed E-state index contributed by atoms with van der Waals surface area (Å²) in [5, 5.41) is 6.38. The van der Waals surface area contributed by atoms with Crippen LogP contribution < -0.4 is 15.0 Å². The highest BCUT2D eigenvalue weighted by atomic mass is 35.5. The van der Waals surface area contributed by atoms with Gasteiger partial charge in [-0.15, -0.1) is 0 Å². The molecule has 4 aliphatic rings. The summed E-state index contributed by atoms with van der Waals surface area (Å²) in [6.45, 7) is 7.45. The Kier molecular flexibility index (Phi) is 6.34. The van der Waals surface area contributed by atoms with Crippen molar-refractivity contribution in [1.82, 2.24) is 25.2 Å². The van der Waals surface area contributed by atoms with Crippen molar-refractivity contribution in [3.05, 3.63) is 53.4 Å². The molecule has 224 valence electrons. The number of fused-ring (bicyclic) bond motifs is 5. The molecule has 0 aliphatic carbocycles. The average Bonchev–Trinajstić information content (AvgIpc) is 3.55. The Balaban J connectivity index is 1.24. The third kappa shape index (κ3) is 4.62. The van der Waals surface area contributed by atoms with Gasteiger partial charge in [-0.05, 0) is 36.1 Å². The molecule has 0 spiro atoms. The first-order valence-electron chi connectivity index (χ1n) is 15.2. The van der Waals surface area contributed by atoms with Gasteiger partial charge in [0.15, 0.2) is 5.82 Å². The van der Waals surface area contributed by atoms with Gasteiger partial charge >= 0.3 is 6.01 Å². The van der Waals surface area contributed by atoms with Crippen molar-refractivity contribution >= 4 is 39.1 Å². The summed E-state index contributed by atoms with van der Waals surface area (Å²) in [5.74, 6) is 0.0891. The van der Waals surface area contributed by atoms with Crippen LogP contribution in [0, 0.1) is 11.2 Å². The number of alkyl halides is 1. The van der Waals surface area contributed by atoms with Crippen LogP contribution in [0.3, 0.4) is 0 Å². The summed E-state index contributed by atoms with van der Waals surface area (Å²) in [4.78, 5) is 18.6. The molecule has 7 nitrogen and oxygen atoms in total. The van der Waals surface area contributed by atoms with Crippen LogP contribution in [0.2, 0.25) is 5.02 Å². The molecular formula is C33H35ClF2N6O. The monoisotopic (exact) mass is 604 g/mol. The Morgan fingerprint density at radius 3 is 2.63 bits per heavy atom. The minimum atomic E-state index is -0.886. The summed E-state index contributed by atoms with van der Waals surface area (Å²) in [6, 6.07) is 12.1. The minimum absolute atomic E-state index is 0.0609. The molecule has 0 radical (unpaired) electrons. The summed E-state index contributed by atoms with van der Waals surface area (Å²) < 4.78 is 37.7. The third-order valence-electron chi connectivity index (χ3n) is 9.86. The highest BCUT2D eigenvalue weighted by Crippen LogP contribution is 2.48. The second-order valence-electron chi connectivity index (χ2n) is 13.7. The normalized spacial score (nSPS) is 28.2. The lowest BCUT2D eigenvalue weighted by Gasteiger charge is -2.34. The molecule has 0 saturated carbocycles. The van der Waals surface area contributed by atoms with Gasteiger partial charge in [-0.3, -0.25) is 9.88 Å². The second-order valence-corrected chi connectivity index (χ2v) is 14.1.